The Bertz CT molecular complexity index is 2030. The predicted octanol–water partition coefficient (Wildman–Crippen LogP) is 7.61. The quantitative estimate of drug-likeness (QED) is 0.224. The van der Waals surface area contributed by atoms with Crippen LogP contribution in [-0.2, 0) is 6.73 Å². The molecule has 4 heterocycles. The van der Waals surface area contributed by atoms with Crippen LogP contribution in [0.1, 0.15) is 22.3 Å². The molecule has 0 aliphatic carbocycles. The first-order valence-electron chi connectivity index (χ1n) is 13.2. The first-order chi connectivity index (χ1) is 20.4. The van der Waals surface area contributed by atoms with E-state index in [9.17, 15) is 18.0 Å². The van der Waals surface area contributed by atoms with E-state index in [2.05, 4.69) is 10.6 Å². The van der Waals surface area contributed by atoms with E-state index in [4.69, 9.17) is 14.1 Å². The molecule has 0 unspecified atom stereocenters. The van der Waals surface area contributed by atoms with Gasteiger partial charge in [0.05, 0.1) is 22.5 Å². The van der Waals surface area contributed by atoms with Crippen LogP contribution < -0.4 is 15.4 Å². The van der Waals surface area contributed by atoms with E-state index < -0.39 is 6.43 Å². The Kier molecular flexibility index (Phi) is 5.93. The van der Waals surface area contributed by atoms with Gasteiger partial charge in [-0.2, -0.15) is 0 Å². The van der Waals surface area contributed by atoms with Crippen molar-refractivity contribution in [2.75, 3.05) is 19.4 Å². The molecule has 0 saturated heterocycles. The fraction of sp³-hybridized carbons (Fsp3) is 0.125. The maximum Gasteiger partial charge on any atom is 0.263 e. The number of fused-ring (bicyclic) bond motifs is 6. The molecule has 2 N–H and O–H groups in total. The van der Waals surface area contributed by atoms with Gasteiger partial charge in [0.25, 0.3) is 12.3 Å². The predicted molar refractivity (Wildman–Crippen MR) is 154 cm³/mol. The summed E-state index contributed by atoms with van der Waals surface area (Å²) in [5.74, 6) is 0.132. The molecule has 1 amide bonds. The summed E-state index contributed by atoms with van der Waals surface area (Å²) in [5, 5.41) is 6.85. The molecule has 0 atom stereocenters. The SMILES string of the molecule is CNC(=O)c1c(-c2ccc(C(F)F)cc2)oc2cc(NC)c(-c3ccc4c(n3)-c3cc5c(F)cccc5n3CO4)cc12. The molecule has 6 aromatic rings. The number of halogens is 3. The number of pyridine rings is 1. The Hall–Kier alpha value is -5.25. The molecule has 42 heavy (non-hydrogen) atoms. The van der Waals surface area contributed by atoms with E-state index in [1.807, 2.05) is 28.8 Å². The number of hydrogen-bond donors (Lipinski definition) is 2. The number of furan rings is 1. The highest BCUT2D eigenvalue weighted by molar-refractivity contribution is 6.12. The van der Waals surface area contributed by atoms with Crippen LogP contribution in [0, 0.1) is 5.82 Å². The van der Waals surface area contributed by atoms with Crippen molar-refractivity contribution in [2.24, 2.45) is 0 Å². The minimum atomic E-state index is -2.61. The Balaban J connectivity index is 1.41. The fourth-order valence-corrected chi connectivity index (χ4v) is 5.51. The van der Waals surface area contributed by atoms with Crippen molar-refractivity contribution in [3.63, 3.8) is 0 Å². The largest absolute Gasteiger partial charge is 0.470 e. The topological polar surface area (TPSA) is 81.3 Å². The van der Waals surface area contributed by atoms with Crippen molar-refractivity contribution in [3.8, 4) is 39.7 Å². The van der Waals surface area contributed by atoms with Crippen LogP contribution in [0.2, 0.25) is 0 Å². The lowest BCUT2D eigenvalue weighted by molar-refractivity contribution is 0.0964. The number of carbonyl (C=O) groups is 1. The molecule has 7 rings (SSSR count). The molecule has 3 aromatic heterocycles. The Labute approximate surface area is 237 Å². The number of amides is 1. The van der Waals surface area contributed by atoms with Crippen LogP contribution in [0.15, 0.2) is 77.2 Å². The van der Waals surface area contributed by atoms with Crippen molar-refractivity contribution < 1.29 is 27.1 Å². The monoisotopic (exact) mass is 568 g/mol. The zero-order chi connectivity index (χ0) is 29.1. The molecule has 3 aromatic carbocycles. The smallest absolute Gasteiger partial charge is 0.263 e. The van der Waals surface area contributed by atoms with E-state index in [1.54, 1.807) is 25.2 Å². The number of benzene rings is 3. The van der Waals surface area contributed by atoms with Crippen LogP contribution in [0.3, 0.4) is 0 Å². The minimum Gasteiger partial charge on any atom is -0.470 e. The number of hydrogen-bond acceptors (Lipinski definition) is 5. The molecule has 0 radical (unpaired) electrons. The summed E-state index contributed by atoms with van der Waals surface area (Å²) in [6.45, 7) is 0.232. The lowest BCUT2D eigenvalue weighted by Gasteiger charge is -2.21. The highest BCUT2D eigenvalue weighted by Crippen LogP contribution is 2.42. The highest BCUT2D eigenvalue weighted by atomic mass is 19.3. The number of anilines is 1. The molecular formula is C32H23F3N4O3. The Morgan fingerprint density at radius 3 is 2.55 bits per heavy atom. The fourth-order valence-electron chi connectivity index (χ4n) is 5.51. The van der Waals surface area contributed by atoms with Crippen molar-refractivity contribution in [3.05, 3.63) is 89.7 Å². The standard InChI is InChI=1S/C32H23F3N4O3/c1-36-23-14-27-20(28(32(40)37-2)30(42-27)16-6-8-17(9-7-16)31(34)35)12-19(23)22-10-11-26-29(38-22)25-13-18-21(33)4-3-5-24(18)39(25)15-41-26/h3-14,31,36H,15H2,1-2H3,(H,37,40). The lowest BCUT2D eigenvalue weighted by atomic mass is 10.00. The van der Waals surface area contributed by atoms with E-state index >= 15 is 0 Å². The first-order valence-corrected chi connectivity index (χ1v) is 13.2. The maximum atomic E-state index is 14.6. The number of aromatic nitrogens is 2. The van der Waals surface area contributed by atoms with E-state index in [0.717, 1.165) is 5.69 Å². The zero-order valence-corrected chi connectivity index (χ0v) is 22.5. The van der Waals surface area contributed by atoms with Crippen LogP contribution in [0.25, 0.3) is 55.8 Å². The third-order valence-electron chi connectivity index (χ3n) is 7.59. The number of ether oxygens (including phenoxy) is 1. The number of nitrogens with zero attached hydrogens (tertiary/aromatic N) is 2. The third-order valence-corrected chi connectivity index (χ3v) is 7.59. The third kappa shape index (κ3) is 3.90. The van der Waals surface area contributed by atoms with Crippen molar-refractivity contribution in [2.45, 2.75) is 13.2 Å². The molecule has 0 bridgehead atoms. The minimum absolute atomic E-state index is 0.125. The summed E-state index contributed by atoms with van der Waals surface area (Å²) in [4.78, 5) is 18.1. The number of carbonyl (C=O) groups excluding carboxylic acids is 1. The van der Waals surface area contributed by atoms with Gasteiger partial charge >= 0.3 is 0 Å². The molecule has 210 valence electrons. The molecule has 1 aliphatic rings. The van der Waals surface area contributed by atoms with Gasteiger partial charge < -0.3 is 24.4 Å². The average molecular weight is 569 g/mol. The van der Waals surface area contributed by atoms with Gasteiger partial charge in [-0.1, -0.05) is 30.3 Å². The first kappa shape index (κ1) is 25.7. The van der Waals surface area contributed by atoms with Gasteiger partial charge in [0.1, 0.15) is 28.6 Å². The second kappa shape index (κ2) is 9.69. The molecule has 0 fully saturated rings. The second-order valence-corrected chi connectivity index (χ2v) is 9.90. The summed E-state index contributed by atoms with van der Waals surface area (Å²) < 4.78 is 54.9. The van der Waals surface area contributed by atoms with Gasteiger partial charge in [-0.25, -0.2) is 18.2 Å². The summed E-state index contributed by atoms with van der Waals surface area (Å²) in [6.07, 6.45) is -2.61. The number of nitrogens with one attached hydrogen (secondary N) is 2. The van der Waals surface area contributed by atoms with Gasteiger partial charge in [0, 0.05) is 53.3 Å². The van der Waals surface area contributed by atoms with Crippen LogP contribution in [0.4, 0.5) is 18.9 Å². The number of rotatable bonds is 5. The average Bonchev–Trinajstić information content (AvgIpc) is 3.59. The van der Waals surface area contributed by atoms with E-state index in [0.29, 0.717) is 55.8 Å². The summed E-state index contributed by atoms with van der Waals surface area (Å²) in [5.41, 5.74) is 5.06. The van der Waals surface area contributed by atoms with Gasteiger partial charge in [-0.05, 0) is 36.4 Å². The second-order valence-electron chi connectivity index (χ2n) is 9.90. The van der Waals surface area contributed by atoms with Crippen LogP contribution in [-0.4, -0.2) is 29.6 Å². The molecule has 10 heteroatoms. The normalized spacial score (nSPS) is 12.3. The van der Waals surface area contributed by atoms with Gasteiger partial charge in [0.15, 0.2) is 6.73 Å². The molecule has 7 nitrogen and oxygen atoms in total. The zero-order valence-electron chi connectivity index (χ0n) is 22.5. The highest BCUT2D eigenvalue weighted by Gasteiger charge is 2.26. The molecule has 1 aliphatic heterocycles. The maximum absolute atomic E-state index is 14.6. The van der Waals surface area contributed by atoms with Crippen LogP contribution >= 0.6 is 0 Å². The summed E-state index contributed by atoms with van der Waals surface area (Å²) >= 11 is 0. The summed E-state index contributed by atoms with van der Waals surface area (Å²) in [7, 11) is 3.28. The Morgan fingerprint density at radius 2 is 1.81 bits per heavy atom. The number of alkyl halides is 2. The molecule has 0 saturated carbocycles. The lowest BCUT2D eigenvalue weighted by Crippen LogP contribution is -2.18. The van der Waals surface area contributed by atoms with E-state index in [1.165, 1.54) is 37.4 Å². The van der Waals surface area contributed by atoms with Gasteiger partial charge in [-0.15, -0.1) is 0 Å². The molecular weight excluding hydrogens is 545 g/mol. The van der Waals surface area contributed by atoms with Crippen molar-refractivity contribution in [1.29, 1.82) is 0 Å². The van der Waals surface area contributed by atoms with Crippen molar-refractivity contribution >= 4 is 33.5 Å². The van der Waals surface area contributed by atoms with Gasteiger partial charge in [0.2, 0.25) is 0 Å². The summed E-state index contributed by atoms with van der Waals surface area (Å²) in [6, 6.07) is 19.6. The van der Waals surface area contributed by atoms with Crippen LogP contribution in [0.5, 0.6) is 5.75 Å². The van der Waals surface area contributed by atoms with Crippen molar-refractivity contribution in [1.82, 2.24) is 14.9 Å². The van der Waals surface area contributed by atoms with E-state index in [-0.39, 0.29) is 35.3 Å². The molecule has 0 spiro atoms. The van der Waals surface area contributed by atoms with Gasteiger partial charge in [-0.3, -0.25) is 4.79 Å². The Morgan fingerprint density at radius 1 is 1.00 bits per heavy atom.